The minimum Gasteiger partial charge on any atom is -0.316 e. The number of thiol groups is 1. The molecule has 0 saturated heterocycles. The van der Waals surface area contributed by atoms with Crippen LogP contribution >= 0.6 is 12.8 Å². The Bertz CT molecular complexity index is 1250. The molecule has 10 nitrogen and oxygen atoms in total. The molecular weight excluding hydrogens is 398 g/mol. The summed E-state index contributed by atoms with van der Waals surface area (Å²) in [4.78, 5) is 51.7. The highest BCUT2D eigenvalue weighted by molar-refractivity contribution is 7.78. The molecule has 0 spiro atoms. The highest BCUT2D eigenvalue weighted by atomic mass is 32.1. The molecule has 2 amide bonds. The van der Waals surface area contributed by atoms with Crippen molar-refractivity contribution in [2.24, 2.45) is 0 Å². The van der Waals surface area contributed by atoms with E-state index >= 15 is 0 Å². The summed E-state index contributed by atoms with van der Waals surface area (Å²) in [5.74, 6) is 0. The van der Waals surface area contributed by atoms with E-state index in [1.54, 1.807) is 24.3 Å². The van der Waals surface area contributed by atoms with Gasteiger partial charge in [-0.15, -0.1) is 0 Å². The van der Waals surface area contributed by atoms with Gasteiger partial charge in [-0.05, 0) is 24.1 Å². The number of nitrogens with zero attached hydrogens (tertiary/aromatic N) is 2. The maximum Gasteiger partial charge on any atom is 0.331 e. The Labute approximate surface area is 168 Å². The van der Waals surface area contributed by atoms with Crippen LogP contribution in [0.1, 0.15) is 11.1 Å². The van der Waals surface area contributed by atoms with Gasteiger partial charge < -0.3 is 15.3 Å². The summed E-state index contributed by atoms with van der Waals surface area (Å²) < 4.78 is 1.19. The number of carbonyl (C=O) groups excluding carboxylic acids is 1. The number of hydrogen-bond donors (Lipinski definition) is 4. The number of nitro benzene ring substituents is 1. The zero-order valence-corrected chi connectivity index (χ0v) is 15.7. The lowest BCUT2D eigenvalue weighted by Crippen LogP contribution is -2.36. The molecule has 1 aliphatic carbocycles. The highest BCUT2D eigenvalue weighted by Crippen LogP contribution is 2.37. The molecule has 29 heavy (non-hydrogen) atoms. The van der Waals surface area contributed by atoms with Crippen molar-refractivity contribution < 1.29 is 9.72 Å². The number of carbonyl (C=O) groups is 1. The fraction of sp³-hybridized carbons (Fsp3) is 0.167. The Balaban J connectivity index is 1.70. The number of nitrogens with one attached hydrogen (secondary N) is 3. The topological polar surface area (TPSA) is 141 Å². The molecule has 1 unspecified atom stereocenters. The van der Waals surface area contributed by atoms with Crippen molar-refractivity contribution >= 4 is 41.3 Å². The van der Waals surface area contributed by atoms with E-state index in [1.807, 2.05) is 6.07 Å². The Hall–Kier alpha value is -3.60. The van der Waals surface area contributed by atoms with Gasteiger partial charge in [0, 0.05) is 23.7 Å². The lowest BCUT2D eigenvalue weighted by molar-refractivity contribution is -0.385. The maximum absolute atomic E-state index is 12.5. The second kappa shape index (κ2) is 7.09. The summed E-state index contributed by atoms with van der Waals surface area (Å²) in [6.45, 7) is 0. The van der Waals surface area contributed by atoms with E-state index in [9.17, 15) is 24.5 Å². The second-order valence-corrected chi connectivity index (χ2v) is 7.07. The van der Waals surface area contributed by atoms with Gasteiger partial charge in [0.25, 0.3) is 5.69 Å². The number of amides is 2. The number of hydrogen-bond acceptors (Lipinski definition) is 6. The normalized spacial score (nSPS) is 15.1. The van der Waals surface area contributed by atoms with Gasteiger partial charge in [-0.2, -0.15) is 0 Å². The molecule has 11 heteroatoms. The van der Waals surface area contributed by atoms with E-state index in [2.05, 4.69) is 28.1 Å². The quantitative estimate of drug-likeness (QED) is 0.225. The highest BCUT2D eigenvalue weighted by Gasteiger charge is 2.35. The predicted molar refractivity (Wildman–Crippen MR) is 109 cm³/mol. The Morgan fingerprint density at radius 3 is 2.48 bits per heavy atom. The lowest BCUT2D eigenvalue weighted by Gasteiger charge is -2.23. The van der Waals surface area contributed by atoms with Crippen LogP contribution in [0.25, 0.3) is 11.0 Å². The van der Waals surface area contributed by atoms with Gasteiger partial charge in [-0.1, -0.05) is 31.0 Å². The number of H-pyrrole nitrogens is 2. The first-order valence-electron chi connectivity index (χ1n) is 8.64. The van der Waals surface area contributed by atoms with Crippen LogP contribution in [0.3, 0.4) is 0 Å². The van der Waals surface area contributed by atoms with Crippen LogP contribution < -0.4 is 16.4 Å². The third-order valence-electron chi connectivity index (χ3n) is 4.87. The number of rotatable bonds is 3. The Kier molecular flexibility index (Phi) is 4.59. The summed E-state index contributed by atoms with van der Waals surface area (Å²) in [7, 11) is 0. The van der Waals surface area contributed by atoms with Gasteiger partial charge in [0.1, 0.15) is 0 Å². The van der Waals surface area contributed by atoms with Crippen molar-refractivity contribution in [2.45, 2.75) is 18.9 Å². The second-order valence-electron chi connectivity index (χ2n) is 6.64. The molecule has 0 aliphatic heterocycles. The summed E-state index contributed by atoms with van der Waals surface area (Å²) in [6.07, 6.45) is 0.426. The molecule has 1 heterocycles. The summed E-state index contributed by atoms with van der Waals surface area (Å²) in [6, 6.07) is 9.08. The number of nitro groups is 1. The van der Waals surface area contributed by atoms with E-state index < -0.39 is 28.1 Å². The van der Waals surface area contributed by atoms with Crippen LogP contribution in [0, 0.1) is 10.1 Å². The van der Waals surface area contributed by atoms with Crippen molar-refractivity contribution in [3.8, 4) is 0 Å². The largest absolute Gasteiger partial charge is 0.331 e. The zero-order chi connectivity index (χ0) is 20.7. The van der Waals surface area contributed by atoms with Gasteiger partial charge in [-0.25, -0.2) is 4.79 Å². The summed E-state index contributed by atoms with van der Waals surface area (Å²) in [5, 5.41) is 14.2. The molecule has 0 bridgehead atoms. The van der Waals surface area contributed by atoms with Gasteiger partial charge in [-0.3, -0.25) is 24.0 Å². The number of urea groups is 1. The molecule has 3 N–H and O–H groups in total. The predicted octanol–water partition coefficient (Wildman–Crippen LogP) is 1.97. The molecule has 0 saturated carbocycles. The zero-order valence-electron chi connectivity index (χ0n) is 14.8. The Morgan fingerprint density at radius 1 is 1.14 bits per heavy atom. The van der Waals surface area contributed by atoms with Crippen molar-refractivity contribution in [3.05, 3.63) is 78.3 Å². The third kappa shape index (κ3) is 3.36. The first-order chi connectivity index (χ1) is 13.8. The molecule has 0 fully saturated rings. The van der Waals surface area contributed by atoms with E-state index in [0.29, 0.717) is 22.3 Å². The molecule has 1 aliphatic rings. The molecular formula is C18H15N5O5S. The monoisotopic (exact) mass is 413 g/mol. The van der Waals surface area contributed by atoms with Gasteiger partial charge in [0.2, 0.25) is 0 Å². The average molecular weight is 413 g/mol. The number of benzene rings is 2. The molecule has 1 aromatic heterocycles. The molecule has 1 atom stereocenters. The van der Waals surface area contributed by atoms with Crippen LogP contribution in [0.5, 0.6) is 0 Å². The molecule has 4 rings (SSSR count). The number of fused-ring (bicyclic) bond motifs is 3. The van der Waals surface area contributed by atoms with Crippen LogP contribution in [-0.2, 0) is 12.8 Å². The van der Waals surface area contributed by atoms with Gasteiger partial charge in [0.15, 0.2) is 0 Å². The van der Waals surface area contributed by atoms with E-state index in [4.69, 9.17) is 0 Å². The van der Waals surface area contributed by atoms with E-state index in [1.165, 1.54) is 10.4 Å². The summed E-state index contributed by atoms with van der Waals surface area (Å²) >= 11 is 4.29. The molecule has 2 aromatic carbocycles. The molecule has 0 radical (unpaired) electrons. The van der Waals surface area contributed by atoms with Crippen molar-refractivity contribution in [1.29, 1.82) is 0 Å². The number of anilines is 1. The van der Waals surface area contributed by atoms with Crippen LogP contribution in [-0.4, -0.2) is 31.3 Å². The first-order valence-corrected chi connectivity index (χ1v) is 9.04. The van der Waals surface area contributed by atoms with Gasteiger partial charge in [0.05, 0.1) is 22.0 Å². The fourth-order valence-electron chi connectivity index (χ4n) is 3.56. The van der Waals surface area contributed by atoms with Crippen LogP contribution in [0.2, 0.25) is 0 Å². The standard InChI is InChI=1S/C18H15N5O5S/c24-16-17(25)21-15-12-7-10(6-11(12)14(23(27)28)8-13(15)20-16)22(29)18(26)19-9-4-2-1-3-5-9/h1-5,8,10,29H,6-7H2,(H,19,26)(H,20,24)(H,21,25). The maximum atomic E-state index is 12.5. The van der Waals surface area contributed by atoms with E-state index in [-0.39, 0.29) is 24.0 Å². The third-order valence-corrected chi connectivity index (χ3v) is 5.38. The molecule has 3 aromatic rings. The lowest BCUT2D eigenvalue weighted by atomic mass is 10.1. The SMILES string of the molecule is O=C(Nc1ccccc1)N(S)C1Cc2c([N+](=O)[O-])cc3[nH]c(=O)c(=O)[nH]c3c2C1. The van der Waals surface area contributed by atoms with Crippen molar-refractivity contribution in [3.63, 3.8) is 0 Å². The smallest absolute Gasteiger partial charge is 0.316 e. The molecule has 148 valence electrons. The van der Waals surface area contributed by atoms with Crippen molar-refractivity contribution in [1.82, 2.24) is 14.3 Å². The number of aromatic amines is 2. The van der Waals surface area contributed by atoms with Crippen molar-refractivity contribution in [2.75, 3.05) is 5.32 Å². The minimum absolute atomic E-state index is 0.167. The summed E-state index contributed by atoms with van der Waals surface area (Å²) in [5.41, 5.74) is 0.0816. The Morgan fingerprint density at radius 2 is 1.79 bits per heavy atom. The van der Waals surface area contributed by atoms with Crippen LogP contribution in [0.4, 0.5) is 16.2 Å². The number of para-hydroxylation sites is 1. The van der Waals surface area contributed by atoms with Crippen LogP contribution in [0.15, 0.2) is 46.0 Å². The van der Waals surface area contributed by atoms with Gasteiger partial charge >= 0.3 is 17.1 Å². The first kappa shape index (κ1) is 18.7. The van der Waals surface area contributed by atoms with E-state index in [0.717, 1.165) is 0 Å². The fourth-order valence-corrected chi connectivity index (χ4v) is 3.77. The number of aromatic nitrogens is 2. The average Bonchev–Trinajstić information content (AvgIpc) is 3.14. The minimum atomic E-state index is -0.889.